The number of aromatic nitrogens is 1. The standard InChI is InChI=1S/C11H6N3O2/c1-13-7-11(16)8-2-3-9(14-6-8)10(15)4-5-12/h2-4,6-7,16H/q-1/p-1/b11-7-. The maximum absolute atomic E-state index is 11.2. The van der Waals surface area contributed by atoms with E-state index in [1.54, 1.807) is 5.87 Å². The van der Waals surface area contributed by atoms with Gasteiger partial charge in [-0.15, -0.1) is 5.76 Å². The lowest BCUT2D eigenvalue weighted by molar-refractivity contribution is -0.243. The van der Waals surface area contributed by atoms with E-state index in [2.05, 4.69) is 9.83 Å². The molecule has 0 aliphatic heterocycles. The Balaban J connectivity index is 3.01. The topological polar surface area (TPSA) is 79.7 Å². The van der Waals surface area contributed by atoms with Gasteiger partial charge in [0, 0.05) is 12.3 Å². The number of hydrogen-bond acceptors (Lipinski definition) is 3. The van der Waals surface area contributed by atoms with Crippen LogP contribution < -0.4 is 5.11 Å². The van der Waals surface area contributed by atoms with Gasteiger partial charge in [0.25, 0.3) is 0 Å². The van der Waals surface area contributed by atoms with Crippen molar-refractivity contribution in [3.05, 3.63) is 58.7 Å². The van der Waals surface area contributed by atoms with Gasteiger partial charge in [-0.3, -0.25) is 15.6 Å². The van der Waals surface area contributed by atoms with Gasteiger partial charge >= 0.3 is 0 Å². The van der Waals surface area contributed by atoms with Crippen LogP contribution in [0.15, 0.2) is 30.6 Å². The Kier molecular flexibility index (Phi) is 3.73. The number of hydrogen-bond donors (Lipinski definition) is 0. The van der Waals surface area contributed by atoms with E-state index >= 15 is 0 Å². The highest BCUT2D eigenvalue weighted by molar-refractivity contribution is 6.07. The molecule has 0 aliphatic carbocycles. The monoisotopic (exact) mass is 211 g/mol. The minimum atomic E-state index is -0.518. The molecule has 5 nitrogen and oxygen atoms in total. The molecule has 0 spiro atoms. The van der Waals surface area contributed by atoms with Crippen LogP contribution in [0.25, 0.3) is 16.0 Å². The van der Waals surface area contributed by atoms with E-state index in [1.165, 1.54) is 18.3 Å². The van der Waals surface area contributed by atoms with Gasteiger partial charge in [0.15, 0.2) is 0 Å². The van der Waals surface area contributed by atoms with Crippen LogP contribution in [-0.4, -0.2) is 16.6 Å². The van der Waals surface area contributed by atoms with Crippen molar-refractivity contribution in [1.29, 1.82) is 0 Å². The van der Waals surface area contributed by atoms with Crippen molar-refractivity contribution >= 4 is 17.4 Å². The summed E-state index contributed by atoms with van der Waals surface area (Å²) in [4.78, 5) is 17.7. The Morgan fingerprint density at radius 1 is 1.62 bits per heavy atom. The molecular formula is C11H5N3O2-2. The average molecular weight is 211 g/mol. The van der Waals surface area contributed by atoms with Gasteiger partial charge in [0.1, 0.15) is 11.9 Å². The van der Waals surface area contributed by atoms with Crippen molar-refractivity contribution in [3.63, 3.8) is 0 Å². The predicted molar refractivity (Wildman–Crippen MR) is 56.1 cm³/mol. The van der Waals surface area contributed by atoms with Crippen LogP contribution in [-0.2, 0) is 0 Å². The van der Waals surface area contributed by atoms with Crippen LogP contribution in [0.4, 0.5) is 0 Å². The molecule has 0 atom stereocenters. The zero-order valence-corrected chi connectivity index (χ0v) is 8.04. The highest BCUT2D eigenvalue weighted by Crippen LogP contribution is 2.08. The second kappa shape index (κ2) is 5.25. The molecule has 0 amide bonds. The van der Waals surface area contributed by atoms with Crippen LogP contribution in [0, 0.1) is 6.57 Å². The number of carbonyl (C=O) groups is 1. The number of pyridine rings is 1. The molecule has 1 aromatic rings. The van der Waals surface area contributed by atoms with E-state index in [-0.39, 0.29) is 11.3 Å². The summed E-state index contributed by atoms with van der Waals surface area (Å²) in [5.74, 6) is 0.611. The zero-order chi connectivity index (χ0) is 12.0. The summed E-state index contributed by atoms with van der Waals surface area (Å²) in [5.41, 5.74) is 0.311. The molecule has 0 unspecified atom stereocenters. The SMILES string of the molecule is [C-]#[N+]/C=C(\[O-])c1ccc(C(=O)C=C=[N-])nc1. The zero-order valence-electron chi connectivity index (χ0n) is 8.04. The molecule has 1 rings (SSSR count). The van der Waals surface area contributed by atoms with Crippen molar-refractivity contribution < 1.29 is 9.90 Å². The Bertz CT molecular complexity index is 517. The van der Waals surface area contributed by atoms with Gasteiger partial charge in [-0.05, 0) is 11.6 Å². The Morgan fingerprint density at radius 2 is 2.38 bits per heavy atom. The van der Waals surface area contributed by atoms with E-state index in [1.807, 2.05) is 0 Å². The quantitative estimate of drug-likeness (QED) is 0.242. The van der Waals surface area contributed by atoms with Gasteiger partial charge in [0.05, 0.1) is 6.57 Å². The maximum atomic E-state index is 11.2. The number of carbonyl (C=O) groups excluding carboxylic acids is 1. The summed E-state index contributed by atoms with van der Waals surface area (Å²) < 4.78 is 0. The van der Waals surface area contributed by atoms with Crippen LogP contribution in [0.2, 0.25) is 0 Å². The Morgan fingerprint density at radius 3 is 2.88 bits per heavy atom. The first-order valence-electron chi connectivity index (χ1n) is 4.16. The molecule has 1 aromatic heterocycles. The molecule has 0 radical (unpaired) electrons. The fourth-order valence-corrected chi connectivity index (χ4v) is 0.951. The maximum Gasteiger partial charge on any atom is 0.209 e. The second-order valence-electron chi connectivity index (χ2n) is 2.69. The summed E-state index contributed by atoms with van der Waals surface area (Å²) in [6.07, 6.45) is 2.86. The molecule has 78 valence electrons. The van der Waals surface area contributed by atoms with Crippen molar-refractivity contribution in [3.8, 4) is 0 Å². The lowest BCUT2D eigenvalue weighted by Gasteiger charge is -2.09. The summed E-state index contributed by atoms with van der Waals surface area (Å²) in [6, 6.07) is 2.72. The van der Waals surface area contributed by atoms with Crippen LogP contribution in [0.1, 0.15) is 16.1 Å². The smallest absolute Gasteiger partial charge is 0.209 e. The van der Waals surface area contributed by atoms with Crippen LogP contribution >= 0.6 is 0 Å². The molecule has 16 heavy (non-hydrogen) atoms. The van der Waals surface area contributed by atoms with Gasteiger partial charge < -0.3 is 10.5 Å². The fourth-order valence-electron chi connectivity index (χ4n) is 0.951. The third-order valence-corrected chi connectivity index (χ3v) is 1.68. The van der Waals surface area contributed by atoms with E-state index in [9.17, 15) is 9.90 Å². The molecule has 0 bridgehead atoms. The Labute approximate surface area is 91.7 Å². The van der Waals surface area contributed by atoms with Crippen molar-refractivity contribution in [1.82, 2.24) is 4.98 Å². The molecule has 0 aromatic carbocycles. The normalized spacial score (nSPS) is 10.1. The number of nitrogens with zero attached hydrogens (tertiary/aromatic N) is 3. The molecule has 0 saturated heterocycles. The minimum Gasteiger partial charge on any atom is -0.881 e. The summed E-state index contributed by atoms with van der Waals surface area (Å²) in [5, 5.41) is 19.5. The van der Waals surface area contributed by atoms with E-state index in [4.69, 9.17) is 12.0 Å². The molecule has 1 heterocycles. The van der Waals surface area contributed by atoms with Gasteiger partial charge in [-0.1, -0.05) is 6.07 Å². The lowest BCUT2D eigenvalue weighted by atomic mass is 10.2. The summed E-state index contributed by atoms with van der Waals surface area (Å²) in [6.45, 7) is 6.48. The van der Waals surface area contributed by atoms with Gasteiger partial charge in [-0.25, -0.2) is 4.85 Å². The minimum absolute atomic E-state index is 0.0842. The fraction of sp³-hybridized carbons (Fsp3) is 0. The summed E-state index contributed by atoms with van der Waals surface area (Å²) in [7, 11) is 0. The molecular weight excluding hydrogens is 206 g/mol. The Hall–Kier alpha value is -2.70. The molecule has 5 heteroatoms. The van der Waals surface area contributed by atoms with Crippen LogP contribution in [0.3, 0.4) is 0 Å². The third kappa shape index (κ3) is 2.64. The van der Waals surface area contributed by atoms with Gasteiger partial charge in [0.2, 0.25) is 5.78 Å². The van der Waals surface area contributed by atoms with Gasteiger partial charge in [-0.2, -0.15) is 0 Å². The number of ketones is 1. The largest absolute Gasteiger partial charge is 0.881 e. The van der Waals surface area contributed by atoms with E-state index in [0.29, 0.717) is 0 Å². The third-order valence-electron chi connectivity index (χ3n) is 1.68. The molecule has 0 saturated carbocycles. The molecule has 0 N–H and O–H groups in total. The lowest BCUT2D eigenvalue weighted by Crippen LogP contribution is -2.04. The first-order chi connectivity index (χ1) is 7.69. The first-order valence-corrected chi connectivity index (χ1v) is 4.16. The number of rotatable bonds is 3. The summed E-state index contributed by atoms with van der Waals surface area (Å²) >= 11 is 0. The predicted octanol–water partition coefficient (Wildman–Crippen LogP) is 0.638. The van der Waals surface area contributed by atoms with E-state index < -0.39 is 11.5 Å². The van der Waals surface area contributed by atoms with Crippen molar-refractivity contribution in [2.75, 3.05) is 0 Å². The second-order valence-corrected chi connectivity index (χ2v) is 2.69. The van der Waals surface area contributed by atoms with Crippen LogP contribution in [0.5, 0.6) is 0 Å². The van der Waals surface area contributed by atoms with Crippen molar-refractivity contribution in [2.45, 2.75) is 0 Å². The first kappa shape index (κ1) is 11.4. The highest BCUT2D eigenvalue weighted by atomic mass is 16.3. The van der Waals surface area contributed by atoms with E-state index in [0.717, 1.165) is 12.3 Å². The number of allylic oxidation sites excluding steroid dienone is 1. The highest BCUT2D eigenvalue weighted by Gasteiger charge is 2.01. The van der Waals surface area contributed by atoms with Crippen molar-refractivity contribution in [2.24, 2.45) is 0 Å². The molecule has 0 fully saturated rings. The average Bonchev–Trinajstić information content (AvgIpc) is 2.30. The molecule has 0 aliphatic rings.